The van der Waals surface area contributed by atoms with Crippen molar-refractivity contribution in [1.29, 1.82) is 0 Å². The average Bonchev–Trinajstić information content (AvgIpc) is 3.51. The Balaban J connectivity index is 1.24. The standard InChI is InChI=1S/C25H17Cl2N5O3S/c1-13(23(33)32-25-31-21(12-36-25)17-6-5-16(26)10-18(17)27)35-24(34)14-4-7-19-20(9-14)30-22(29-19)15-3-2-8-28-11-15/h2-13H,1H3,(H,29,30)(H,31,32,33). The highest BCUT2D eigenvalue weighted by Gasteiger charge is 2.21. The summed E-state index contributed by atoms with van der Waals surface area (Å²) in [6, 6.07) is 13.7. The third-order valence-electron chi connectivity index (χ3n) is 5.25. The first kappa shape index (κ1) is 23.9. The third kappa shape index (κ3) is 5.08. The molecule has 2 aromatic carbocycles. The second kappa shape index (κ2) is 10.1. The van der Waals surface area contributed by atoms with Crippen molar-refractivity contribution in [2.45, 2.75) is 13.0 Å². The smallest absolute Gasteiger partial charge is 0.338 e. The van der Waals surface area contributed by atoms with Gasteiger partial charge in [0.2, 0.25) is 0 Å². The lowest BCUT2D eigenvalue weighted by atomic mass is 10.2. The maximum atomic E-state index is 12.7. The van der Waals surface area contributed by atoms with Crippen LogP contribution >= 0.6 is 34.5 Å². The van der Waals surface area contributed by atoms with E-state index in [0.29, 0.717) is 43.3 Å². The van der Waals surface area contributed by atoms with Crippen molar-refractivity contribution in [2.75, 3.05) is 5.32 Å². The summed E-state index contributed by atoms with van der Waals surface area (Å²) < 4.78 is 5.38. The monoisotopic (exact) mass is 537 g/mol. The minimum absolute atomic E-state index is 0.289. The maximum Gasteiger partial charge on any atom is 0.338 e. The van der Waals surface area contributed by atoms with Gasteiger partial charge in [0.25, 0.3) is 5.91 Å². The number of fused-ring (bicyclic) bond motifs is 1. The quantitative estimate of drug-likeness (QED) is 0.248. The van der Waals surface area contributed by atoms with Crippen molar-refractivity contribution >= 4 is 62.6 Å². The van der Waals surface area contributed by atoms with Crippen molar-refractivity contribution < 1.29 is 14.3 Å². The van der Waals surface area contributed by atoms with E-state index in [0.717, 1.165) is 5.56 Å². The number of halogens is 2. The van der Waals surface area contributed by atoms with Crippen LogP contribution in [0.4, 0.5) is 5.13 Å². The molecule has 5 aromatic rings. The molecule has 180 valence electrons. The van der Waals surface area contributed by atoms with Gasteiger partial charge in [0.05, 0.1) is 27.3 Å². The van der Waals surface area contributed by atoms with Gasteiger partial charge >= 0.3 is 5.97 Å². The molecule has 1 atom stereocenters. The molecule has 0 saturated heterocycles. The average molecular weight is 538 g/mol. The number of esters is 1. The van der Waals surface area contributed by atoms with Gasteiger partial charge in [-0.25, -0.2) is 14.8 Å². The SMILES string of the molecule is CC(OC(=O)c1ccc2nc(-c3cccnc3)[nH]c2c1)C(=O)Nc1nc(-c2ccc(Cl)cc2Cl)cs1. The van der Waals surface area contributed by atoms with Gasteiger partial charge in [0.15, 0.2) is 11.2 Å². The maximum absolute atomic E-state index is 12.7. The fourth-order valence-electron chi connectivity index (χ4n) is 3.42. The number of amides is 1. The van der Waals surface area contributed by atoms with Crippen LogP contribution in [0.25, 0.3) is 33.7 Å². The molecular formula is C25H17Cl2N5O3S. The van der Waals surface area contributed by atoms with Gasteiger partial charge in [-0.3, -0.25) is 15.1 Å². The number of rotatable bonds is 6. The molecule has 0 aliphatic heterocycles. The summed E-state index contributed by atoms with van der Waals surface area (Å²) in [4.78, 5) is 41.5. The molecule has 1 unspecified atom stereocenters. The number of nitrogens with one attached hydrogen (secondary N) is 2. The fourth-order valence-corrected chi connectivity index (χ4v) is 4.64. The third-order valence-corrected chi connectivity index (χ3v) is 6.55. The van der Waals surface area contributed by atoms with E-state index < -0.39 is 18.0 Å². The van der Waals surface area contributed by atoms with Crippen LogP contribution in [0.5, 0.6) is 0 Å². The number of thiazole rings is 1. The minimum Gasteiger partial charge on any atom is -0.449 e. The van der Waals surface area contributed by atoms with E-state index in [9.17, 15) is 9.59 Å². The molecule has 0 aliphatic rings. The van der Waals surface area contributed by atoms with Crippen molar-refractivity contribution in [2.24, 2.45) is 0 Å². The largest absolute Gasteiger partial charge is 0.449 e. The summed E-state index contributed by atoms with van der Waals surface area (Å²) in [5.41, 5.74) is 3.76. The van der Waals surface area contributed by atoms with E-state index in [4.69, 9.17) is 27.9 Å². The first-order chi connectivity index (χ1) is 17.4. The van der Waals surface area contributed by atoms with Gasteiger partial charge in [0.1, 0.15) is 5.82 Å². The number of nitrogens with zero attached hydrogens (tertiary/aromatic N) is 3. The van der Waals surface area contributed by atoms with Gasteiger partial charge in [-0.05, 0) is 55.5 Å². The van der Waals surface area contributed by atoms with Crippen LogP contribution in [0.2, 0.25) is 10.0 Å². The van der Waals surface area contributed by atoms with Crippen LogP contribution in [-0.2, 0) is 9.53 Å². The molecule has 5 rings (SSSR count). The summed E-state index contributed by atoms with van der Waals surface area (Å²) in [6.07, 6.45) is 2.33. The molecular weight excluding hydrogens is 521 g/mol. The number of imidazole rings is 1. The van der Waals surface area contributed by atoms with Gasteiger partial charge < -0.3 is 9.72 Å². The highest BCUT2D eigenvalue weighted by Crippen LogP contribution is 2.32. The number of carbonyl (C=O) groups is 2. The van der Waals surface area contributed by atoms with Gasteiger partial charge in [-0.2, -0.15) is 0 Å². The minimum atomic E-state index is -1.05. The fraction of sp³-hybridized carbons (Fsp3) is 0.0800. The van der Waals surface area contributed by atoms with Crippen molar-refractivity contribution in [3.8, 4) is 22.6 Å². The Bertz CT molecular complexity index is 1590. The molecule has 0 saturated carbocycles. The van der Waals surface area contributed by atoms with E-state index in [1.165, 1.54) is 18.3 Å². The second-order valence-corrected chi connectivity index (χ2v) is 9.46. The lowest BCUT2D eigenvalue weighted by Crippen LogP contribution is -2.29. The molecule has 3 aromatic heterocycles. The lowest BCUT2D eigenvalue weighted by Gasteiger charge is -2.12. The molecule has 0 aliphatic carbocycles. The number of aromatic amines is 1. The topological polar surface area (TPSA) is 110 Å². The second-order valence-electron chi connectivity index (χ2n) is 7.76. The normalized spacial score (nSPS) is 11.9. The number of benzene rings is 2. The van der Waals surface area contributed by atoms with E-state index in [1.807, 2.05) is 12.1 Å². The molecule has 0 bridgehead atoms. The van der Waals surface area contributed by atoms with Crippen LogP contribution in [0.1, 0.15) is 17.3 Å². The van der Waals surface area contributed by atoms with E-state index >= 15 is 0 Å². The molecule has 2 N–H and O–H groups in total. The Labute approximate surface area is 219 Å². The number of carbonyl (C=O) groups excluding carboxylic acids is 2. The summed E-state index contributed by atoms with van der Waals surface area (Å²) in [5.74, 6) is -0.503. The zero-order chi connectivity index (χ0) is 25.2. The first-order valence-corrected chi connectivity index (χ1v) is 12.3. The number of aromatic nitrogens is 4. The highest BCUT2D eigenvalue weighted by molar-refractivity contribution is 7.14. The van der Waals surface area contributed by atoms with Crippen LogP contribution in [0, 0.1) is 0 Å². The molecule has 11 heteroatoms. The Morgan fingerprint density at radius 3 is 2.75 bits per heavy atom. The predicted molar refractivity (Wildman–Crippen MR) is 140 cm³/mol. The molecule has 3 heterocycles. The van der Waals surface area contributed by atoms with Crippen molar-refractivity contribution in [3.63, 3.8) is 0 Å². The van der Waals surface area contributed by atoms with E-state index in [1.54, 1.807) is 54.2 Å². The Morgan fingerprint density at radius 1 is 1.11 bits per heavy atom. The number of H-pyrrole nitrogens is 1. The van der Waals surface area contributed by atoms with Crippen LogP contribution < -0.4 is 5.32 Å². The molecule has 0 spiro atoms. The number of hydrogen-bond donors (Lipinski definition) is 2. The van der Waals surface area contributed by atoms with Gasteiger partial charge in [0, 0.05) is 33.9 Å². The molecule has 0 fully saturated rings. The Kier molecular flexibility index (Phi) is 6.69. The number of ether oxygens (including phenoxy) is 1. The number of hydrogen-bond acceptors (Lipinski definition) is 7. The Morgan fingerprint density at radius 2 is 1.97 bits per heavy atom. The van der Waals surface area contributed by atoms with E-state index in [2.05, 4.69) is 25.3 Å². The van der Waals surface area contributed by atoms with Gasteiger partial charge in [-0.15, -0.1) is 11.3 Å². The summed E-state index contributed by atoms with van der Waals surface area (Å²) >= 11 is 13.4. The molecule has 36 heavy (non-hydrogen) atoms. The highest BCUT2D eigenvalue weighted by atomic mass is 35.5. The van der Waals surface area contributed by atoms with Crippen LogP contribution in [0.3, 0.4) is 0 Å². The molecule has 0 radical (unpaired) electrons. The first-order valence-electron chi connectivity index (χ1n) is 10.7. The van der Waals surface area contributed by atoms with Crippen molar-refractivity contribution in [1.82, 2.24) is 19.9 Å². The van der Waals surface area contributed by atoms with Crippen LogP contribution in [0.15, 0.2) is 66.3 Å². The van der Waals surface area contributed by atoms with E-state index in [-0.39, 0.29) is 5.56 Å². The van der Waals surface area contributed by atoms with Crippen LogP contribution in [-0.4, -0.2) is 37.9 Å². The van der Waals surface area contributed by atoms with Crippen molar-refractivity contribution in [3.05, 3.63) is 81.9 Å². The zero-order valence-corrected chi connectivity index (χ0v) is 21.0. The molecule has 8 nitrogen and oxygen atoms in total. The summed E-state index contributed by atoms with van der Waals surface area (Å²) in [6.45, 7) is 1.49. The molecule has 1 amide bonds. The number of anilines is 1. The number of pyridine rings is 1. The Hall–Kier alpha value is -3.79. The zero-order valence-electron chi connectivity index (χ0n) is 18.7. The lowest BCUT2D eigenvalue weighted by molar-refractivity contribution is -0.123. The van der Waals surface area contributed by atoms with Gasteiger partial charge in [-0.1, -0.05) is 23.2 Å². The summed E-state index contributed by atoms with van der Waals surface area (Å²) in [7, 11) is 0. The predicted octanol–water partition coefficient (Wildman–Crippen LogP) is 6.24. The summed E-state index contributed by atoms with van der Waals surface area (Å²) in [5, 5.41) is 5.76.